The highest BCUT2D eigenvalue weighted by molar-refractivity contribution is 5.85. The highest BCUT2D eigenvalue weighted by atomic mass is 35.5. The summed E-state index contributed by atoms with van der Waals surface area (Å²) in [5.41, 5.74) is -0.390. The molecule has 128 valence electrons. The Kier molecular flexibility index (Phi) is 8.46. The van der Waals surface area contributed by atoms with Crippen molar-refractivity contribution < 1.29 is 22.3 Å². The zero-order chi connectivity index (χ0) is 14.8. The molecule has 1 fully saturated rings. The molecule has 0 radical (unpaired) electrons. The van der Waals surface area contributed by atoms with E-state index in [2.05, 4.69) is 5.32 Å². The first kappa shape index (κ1) is 21.2. The summed E-state index contributed by atoms with van der Waals surface area (Å²) in [6, 6.07) is 1.90. The van der Waals surface area contributed by atoms with Crippen LogP contribution in [0, 0.1) is 5.82 Å². The van der Waals surface area contributed by atoms with E-state index in [1.54, 1.807) is 0 Å². The Morgan fingerprint density at radius 3 is 2.27 bits per heavy atom. The number of alkyl halides is 3. The number of nitrogens with zero attached hydrogens (tertiary/aromatic N) is 1. The number of benzene rings is 1. The van der Waals surface area contributed by atoms with Gasteiger partial charge in [0, 0.05) is 31.7 Å². The summed E-state index contributed by atoms with van der Waals surface area (Å²) in [5, 5.41) is 2.98. The largest absolute Gasteiger partial charge is 0.494 e. The monoisotopic (exact) mass is 364 g/mol. The van der Waals surface area contributed by atoms with Crippen LogP contribution in [-0.4, -0.2) is 44.4 Å². The van der Waals surface area contributed by atoms with Gasteiger partial charge in [-0.3, -0.25) is 4.90 Å². The van der Waals surface area contributed by atoms with E-state index >= 15 is 0 Å². The van der Waals surface area contributed by atoms with Crippen LogP contribution in [0.25, 0.3) is 0 Å². The van der Waals surface area contributed by atoms with Crippen LogP contribution >= 0.6 is 24.8 Å². The summed E-state index contributed by atoms with van der Waals surface area (Å²) in [6.45, 7) is 1.36. The first-order valence-corrected chi connectivity index (χ1v) is 6.29. The van der Waals surface area contributed by atoms with Crippen molar-refractivity contribution >= 4 is 24.8 Å². The molecule has 0 aromatic heterocycles. The number of rotatable bonds is 3. The number of hydrogen-bond acceptors (Lipinski definition) is 3. The minimum atomic E-state index is -4.54. The molecule has 1 aliphatic heterocycles. The first-order valence-electron chi connectivity index (χ1n) is 6.29. The van der Waals surface area contributed by atoms with Crippen LogP contribution in [0.15, 0.2) is 18.2 Å². The fourth-order valence-corrected chi connectivity index (χ4v) is 2.42. The number of methoxy groups -OCH3 is 1. The maximum absolute atomic E-state index is 14.1. The van der Waals surface area contributed by atoms with Crippen molar-refractivity contribution in [3.05, 3.63) is 29.6 Å². The molecule has 3 nitrogen and oxygen atoms in total. The van der Waals surface area contributed by atoms with Gasteiger partial charge in [0.2, 0.25) is 0 Å². The summed E-state index contributed by atoms with van der Waals surface area (Å²) < 4.78 is 58.9. The summed E-state index contributed by atoms with van der Waals surface area (Å²) >= 11 is 0. The fraction of sp³-hybridized carbons (Fsp3) is 0.538. The molecule has 1 atom stereocenters. The molecule has 9 heteroatoms. The third-order valence-electron chi connectivity index (χ3n) is 3.33. The van der Waals surface area contributed by atoms with E-state index in [4.69, 9.17) is 4.74 Å². The second-order valence-electron chi connectivity index (χ2n) is 4.59. The Morgan fingerprint density at radius 2 is 1.77 bits per heavy atom. The van der Waals surface area contributed by atoms with Crippen molar-refractivity contribution in [2.75, 3.05) is 33.3 Å². The van der Waals surface area contributed by atoms with E-state index in [9.17, 15) is 17.6 Å². The highest BCUT2D eigenvalue weighted by Crippen LogP contribution is 2.40. The van der Waals surface area contributed by atoms with Gasteiger partial charge in [-0.05, 0) is 6.07 Å². The Bertz CT molecular complexity index is 468. The van der Waals surface area contributed by atoms with Crippen molar-refractivity contribution in [3.8, 4) is 5.75 Å². The van der Waals surface area contributed by atoms with Crippen molar-refractivity contribution in [1.82, 2.24) is 10.2 Å². The normalized spacial score (nSPS) is 17.1. The predicted molar refractivity (Wildman–Crippen MR) is 80.7 cm³/mol. The molecule has 0 bridgehead atoms. The van der Waals surface area contributed by atoms with Crippen molar-refractivity contribution in [2.45, 2.75) is 12.2 Å². The number of ether oxygens (including phenoxy) is 1. The number of piperazine rings is 1. The molecular weight excluding hydrogens is 347 g/mol. The molecule has 1 heterocycles. The van der Waals surface area contributed by atoms with Crippen LogP contribution in [0.5, 0.6) is 5.75 Å². The van der Waals surface area contributed by atoms with Crippen LogP contribution in [0.4, 0.5) is 17.6 Å². The molecule has 0 aliphatic carbocycles. The van der Waals surface area contributed by atoms with E-state index in [-0.39, 0.29) is 43.7 Å². The second-order valence-corrected chi connectivity index (χ2v) is 4.59. The van der Waals surface area contributed by atoms with E-state index < -0.39 is 23.6 Å². The van der Waals surface area contributed by atoms with Gasteiger partial charge >= 0.3 is 6.18 Å². The molecule has 22 heavy (non-hydrogen) atoms. The van der Waals surface area contributed by atoms with Gasteiger partial charge in [-0.25, -0.2) is 4.39 Å². The average Bonchev–Trinajstić information content (AvgIpc) is 2.41. The molecule has 1 aliphatic rings. The molecule has 0 saturated carbocycles. The summed E-state index contributed by atoms with van der Waals surface area (Å²) in [7, 11) is 1.23. The van der Waals surface area contributed by atoms with Crippen LogP contribution in [-0.2, 0) is 0 Å². The average molecular weight is 365 g/mol. The summed E-state index contributed by atoms with van der Waals surface area (Å²) in [6.07, 6.45) is -4.54. The van der Waals surface area contributed by atoms with Crippen LogP contribution in [0.1, 0.15) is 11.6 Å². The Morgan fingerprint density at radius 1 is 1.18 bits per heavy atom. The topological polar surface area (TPSA) is 24.5 Å². The maximum atomic E-state index is 14.1. The van der Waals surface area contributed by atoms with Gasteiger partial charge < -0.3 is 10.1 Å². The second kappa shape index (κ2) is 8.76. The van der Waals surface area contributed by atoms with Gasteiger partial charge in [0.1, 0.15) is 6.04 Å². The molecule has 0 spiro atoms. The molecule has 0 amide bonds. The van der Waals surface area contributed by atoms with Gasteiger partial charge in [0.25, 0.3) is 0 Å². The molecule has 1 aromatic carbocycles. The lowest BCUT2D eigenvalue weighted by atomic mass is 10.0. The van der Waals surface area contributed by atoms with Gasteiger partial charge in [-0.2, -0.15) is 13.2 Å². The number of halogens is 6. The number of nitrogens with one attached hydrogen (secondary N) is 1. The van der Waals surface area contributed by atoms with E-state index in [0.717, 1.165) is 6.07 Å². The Balaban J connectivity index is 0.00000220. The minimum absolute atomic E-state index is 0. The molecule has 0 unspecified atom stereocenters. The molecule has 1 saturated heterocycles. The molecule has 2 rings (SSSR count). The third-order valence-corrected chi connectivity index (χ3v) is 3.33. The smallest absolute Gasteiger partial charge is 0.408 e. The summed E-state index contributed by atoms with van der Waals surface area (Å²) in [5.74, 6) is -1.12. The van der Waals surface area contributed by atoms with Crippen molar-refractivity contribution in [3.63, 3.8) is 0 Å². The lowest BCUT2D eigenvalue weighted by molar-refractivity contribution is -0.188. The zero-order valence-electron chi connectivity index (χ0n) is 11.8. The van der Waals surface area contributed by atoms with E-state index in [0.29, 0.717) is 13.1 Å². The lowest BCUT2D eigenvalue weighted by Gasteiger charge is -2.36. The Hall–Kier alpha value is -0.760. The van der Waals surface area contributed by atoms with Crippen LogP contribution in [0.3, 0.4) is 0 Å². The standard InChI is InChI=1S/C13H16F4N2O.2ClH/c1-20-10-4-2-3-9(11(10)14)12(13(15,16)17)19-7-5-18-6-8-19;;/h2-4,12,18H,5-8H2,1H3;2*1H/t12-;;/m0../s1. The number of hydrogen-bond donors (Lipinski definition) is 1. The molecular formula is C13H18Cl2F4N2O. The lowest BCUT2D eigenvalue weighted by Crippen LogP contribution is -2.49. The highest BCUT2D eigenvalue weighted by Gasteiger charge is 2.46. The zero-order valence-corrected chi connectivity index (χ0v) is 13.5. The van der Waals surface area contributed by atoms with E-state index in [1.165, 1.54) is 24.1 Å². The van der Waals surface area contributed by atoms with Gasteiger partial charge in [-0.15, -0.1) is 24.8 Å². The molecule has 1 N–H and O–H groups in total. The quantitative estimate of drug-likeness (QED) is 0.833. The maximum Gasteiger partial charge on any atom is 0.408 e. The van der Waals surface area contributed by atoms with Crippen molar-refractivity contribution in [2.24, 2.45) is 0 Å². The van der Waals surface area contributed by atoms with Crippen LogP contribution in [0.2, 0.25) is 0 Å². The third kappa shape index (κ3) is 4.62. The molecule has 1 aromatic rings. The fourth-order valence-electron chi connectivity index (χ4n) is 2.42. The summed E-state index contributed by atoms with van der Waals surface area (Å²) in [4.78, 5) is 1.24. The van der Waals surface area contributed by atoms with Gasteiger partial charge in [0.15, 0.2) is 11.6 Å². The minimum Gasteiger partial charge on any atom is -0.494 e. The van der Waals surface area contributed by atoms with Crippen LogP contribution < -0.4 is 10.1 Å². The predicted octanol–water partition coefficient (Wildman–Crippen LogP) is 3.19. The SMILES string of the molecule is COc1cccc([C@H](N2CCNCC2)C(F)(F)F)c1F.Cl.Cl. The Labute approximate surface area is 138 Å². The van der Waals surface area contributed by atoms with Gasteiger partial charge in [-0.1, -0.05) is 12.1 Å². The first-order chi connectivity index (χ1) is 9.45. The van der Waals surface area contributed by atoms with Crippen molar-refractivity contribution in [1.29, 1.82) is 0 Å². The van der Waals surface area contributed by atoms with Gasteiger partial charge in [0.05, 0.1) is 7.11 Å². The van der Waals surface area contributed by atoms with E-state index in [1.807, 2.05) is 0 Å².